The topological polar surface area (TPSA) is 98.7 Å². The monoisotopic (exact) mass is 296 g/mol. The molecule has 2 aromatic rings. The third kappa shape index (κ3) is 2.77. The Morgan fingerprint density at radius 1 is 1.58 bits per heavy atom. The highest BCUT2D eigenvalue weighted by molar-refractivity contribution is 7.98. The Morgan fingerprint density at radius 3 is 3.16 bits per heavy atom. The van der Waals surface area contributed by atoms with Crippen LogP contribution in [0.4, 0.5) is 0 Å². The van der Waals surface area contributed by atoms with Crippen molar-refractivity contribution in [3.63, 3.8) is 0 Å². The first-order valence-corrected chi connectivity index (χ1v) is 7.58. The lowest BCUT2D eigenvalue weighted by molar-refractivity contribution is 0.0957. The Labute approximate surface area is 117 Å². The highest BCUT2D eigenvalue weighted by Crippen LogP contribution is 2.37. The largest absolute Gasteiger partial charge is 0.289 e. The van der Waals surface area contributed by atoms with Gasteiger partial charge in [0.2, 0.25) is 5.16 Å². The van der Waals surface area contributed by atoms with E-state index in [4.69, 9.17) is 5.84 Å². The van der Waals surface area contributed by atoms with Gasteiger partial charge >= 0.3 is 0 Å². The summed E-state index contributed by atoms with van der Waals surface area (Å²) in [7, 11) is 0. The molecule has 2 aromatic heterocycles. The third-order valence-corrected chi connectivity index (χ3v) is 4.96. The summed E-state index contributed by atoms with van der Waals surface area (Å²) in [6.45, 7) is 0. The molecule has 1 aliphatic rings. The standard InChI is InChI=1S/C10H12N6OS2/c11-12-9(17)8-4-3-7(19-8)5-18-10-13-14-15-16(10)6-1-2-6/h3-4,6H,1-2,5,11H2,(H,12,17). The minimum Gasteiger partial charge on any atom is -0.289 e. The molecule has 0 aliphatic heterocycles. The summed E-state index contributed by atoms with van der Waals surface area (Å²) in [6.07, 6.45) is 2.30. The molecule has 3 rings (SSSR count). The van der Waals surface area contributed by atoms with Gasteiger partial charge in [-0.3, -0.25) is 10.2 Å². The molecular weight excluding hydrogens is 284 g/mol. The smallest absolute Gasteiger partial charge is 0.275 e. The van der Waals surface area contributed by atoms with Crippen molar-refractivity contribution in [3.8, 4) is 0 Å². The van der Waals surface area contributed by atoms with Crippen LogP contribution in [0.1, 0.15) is 33.4 Å². The Kier molecular flexibility index (Phi) is 3.49. The van der Waals surface area contributed by atoms with Gasteiger partial charge in [-0.1, -0.05) is 11.8 Å². The highest BCUT2D eigenvalue weighted by atomic mass is 32.2. The number of hydrazine groups is 1. The molecular formula is C10H12N6OS2. The van der Waals surface area contributed by atoms with E-state index < -0.39 is 0 Å². The maximum absolute atomic E-state index is 11.3. The molecule has 0 bridgehead atoms. The normalized spacial score (nSPS) is 14.6. The van der Waals surface area contributed by atoms with Gasteiger partial charge in [0.15, 0.2) is 0 Å². The average molecular weight is 296 g/mol. The molecule has 3 N–H and O–H groups in total. The van der Waals surface area contributed by atoms with Crippen molar-refractivity contribution in [2.24, 2.45) is 5.84 Å². The fraction of sp³-hybridized carbons (Fsp3) is 0.400. The van der Waals surface area contributed by atoms with E-state index in [1.165, 1.54) is 11.3 Å². The van der Waals surface area contributed by atoms with Gasteiger partial charge in [-0.05, 0) is 35.4 Å². The van der Waals surface area contributed by atoms with Crippen molar-refractivity contribution in [3.05, 3.63) is 21.9 Å². The lowest BCUT2D eigenvalue weighted by Gasteiger charge is -2.00. The van der Waals surface area contributed by atoms with Crippen LogP contribution in [0.5, 0.6) is 0 Å². The number of thioether (sulfide) groups is 1. The number of nitrogens with zero attached hydrogens (tertiary/aromatic N) is 4. The number of carbonyl (C=O) groups is 1. The molecule has 0 radical (unpaired) electrons. The van der Waals surface area contributed by atoms with Crippen LogP contribution >= 0.6 is 23.1 Å². The number of rotatable bonds is 5. The lowest BCUT2D eigenvalue weighted by atomic mass is 10.4. The fourth-order valence-corrected chi connectivity index (χ4v) is 3.51. The van der Waals surface area contributed by atoms with E-state index in [9.17, 15) is 4.79 Å². The predicted molar refractivity (Wildman–Crippen MR) is 71.6 cm³/mol. The van der Waals surface area contributed by atoms with Crippen LogP contribution in [0.2, 0.25) is 0 Å². The zero-order chi connectivity index (χ0) is 13.2. The summed E-state index contributed by atoms with van der Waals surface area (Å²) >= 11 is 3.01. The van der Waals surface area contributed by atoms with E-state index in [1.54, 1.807) is 17.8 Å². The molecule has 0 saturated heterocycles. The van der Waals surface area contributed by atoms with Crippen molar-refractivity contribution in [2.45, 2.75) is 29.8 Å². The van der Waals surface area contributed by atoms with E-state index >= 15 is 0 Å². The quantitative estimate of drug-likeness (QED) is 0.369. The molecule has 1 fully saturated rings. The van der Waals surface area contributed by atoms with E-state index in [0.717, 1.165) is 28.6 Å². The number of tetrazole rings is 1. The molecule has 1 saturated carbocycles. The molecule has 0 spiro atoms. The number of amides is 1. The summed E-state index contributed by atoms with van der Waals surface area (Å²) in [4.78, 5) is 13.0. The molecule has 100 valence electrons. The third-order valence-electron chi connectivity index (χ3n) is 2.72. The van der Waals surface area contributed by atoms with Gasteiger partial charge in [0.1, 0.15) is 0 Å². The molecule has 1 amide bonds. The number of nitrogens with two attached hydrogens (primary N) is 1. The van der Waals surface area contributed by atoms with Crippen molar-refractivity contribution < 1.29 is 4.79 Å². The summed E-state index contributed by atoms with van der Waals surface area (Å²) in [6, 6.07) is 4.17. The maximum atomic E-state index is 11.3. The number of nitrogen functional groups attached to an aromatic ring is 1. The molecule has 7 nitrogen and oxygen atoms in total. The molecule has 2 heterocycles. The fourth-order valence-electron chi connectivity index (χ4n) is 1.61. The first-order valence-electron chi connectivity index (χ1n) is 5.78. The second kappa shape index (κ2) is 5.27. The molecule has 9 heteroatoms. The predicted octanol–water partition coefficient (Wildman–Crippen LogP) is 0.965. The zero-order valence-electron chi connectivity index (χ0n) is 9.94. The number of hydrogen-bond acceptors (Lipinski definition) is 7. The zero-order valence-corrected chi connectivity index (χ0v) is 11.6. The van der Waals surface area contributed by atoms with Crippen LogP contribution in [0.25, 0.3) is 0 Å². The SMILES string of the molecule is NNC(=O)c1ccc(CSc2nnnn2C2CC2)s1. The van der Waals surface area contributed by atoms with Gasteiger partial charge in [0.25, 0.3) is 5.91 Å². The Morgan fingerprint density at radius 2 is 2.42 bits per heavy atom. The van der Waals surface area contributed by atoms with Gasteiger partial charge in [0.05, 0.1) is 10.9 Å². The molecule has 0 unspecified atom stereocenters. The van der Waals surface area contributed by atoms with Crippen molar-refractivity contribution in [1.82, 2.24) is 25.6 Å². The first kappa shape index (κ1) is 12.6. The first-order chi connectivity index (χ1) is 9.28. The van der Waals surface area contributed by atoms with Gasteiger partial charge in [-0.2, -0.15) is 0 Å². The van der Waals surface area contributed by atoms with E-state index in [2.05, 4.69) is 21.0 Å². The van der Waals surface area contributed by atoms with Crippen molar-refractivity contribution in [1.29, 1.82) is 0 Å². The highest BCUT2D eigenvalue weighted by Gasteiger charge is 2.27. The lowest BCUT2D eigenvalue weighted by Crippen LogP contribution is -2.29. The number of carbonyl (C=O) groups excluding carboxylic acids is 1. The Bertz CT molecular complexity index is 590. The van der Waals surface area contributed by atoms with Crippen LogP contribution in [-0.2, 0) is 5.75 Å². The molecule has 1 aliphatic carbocycles. The summed E-state index contributed by atoms with van der Waals surface area (Å²) < 4.78 is 1.88. The van der Waals surface area contributed by atoms with Crippen LogP contribution < -0.4 is 11.3 Å². The number of nitrogens with one attached hydrogen (secondary N) is 1. The van der Waals surface area contributed by atoms with Gasteiger partial charge < -0.3 is 0 Å². The average Bonchev–Trinajstić information content (AvgIpc) is 2.99. The second-order valence-corrected chi connectivity index (χ2v) is 6.28. The summed E-state index contributed by atoms with van der Waals surface area (Å²) in [5, 5.41) is 12.6. The molecule has 0 aromatic carbocycles. The van der Waals surface area contributed by atoms with Gasteiger partial charge in [-0.15, -0.1) is 16.4 Å². The minimum atomic E-state index is -0.260. The van der Waals surface area contributed by atoms with E-state index in [-0.39, 0.29) is 5.91 Å². The number of thiophene rings is 1. The second-order valence-electron chi connectivity index (χ2n) is 4.17. The van der Waals surface area contributed by atoms with Gasteiger partial charge in [0, 0.05) is 10.6 Å². The van der Waals surface area contributed by atoms with Gasteiger partial charge in [-0.25, -0.2) is 10.5 Å². The number of aromatic nitrogens is 4. The van der Waals surface area contributed by atoms with Crippen molar-refractivity contribution >= 4 is 29.0 Å². The van der Waals surface area contributed by atoms with Crippen LogP contribution in [0, 0.1) is 0 Å². The Balaban J connectivity index is 1.64. The number of hydrogen-bond donors (Lipinski definition) is 2. The van der Waals surface area contributed by atoms with Crippen LogP contribution in [0.3, 0.4) is 0 Å². The Hall–Kier alpha value is -1.45. The van der Waals surface area contributed by atoms with Crippen molar-refractivity contribution in [2.75, 3.05) is 0 Å². The van der Waals surface area contributed by atoms with Crippen LogP contribution in [0.15, 0.2) is 17.3 Å². The molecule has 0 atom stereocenters. The van der Waals surface area contributed by atoms with E-state index in [0.29, 0.717) is 10.9 Å². The summed E-state index contributed by atoms with van der Waals surface area (Å²) in [5.74, 6) is 5.58. The minimum absolute atomic E-state index is 0.260. The van der Waals surface area contributed by atoms with Crippen LogP contribution in [-0.4, -0.2) is 26.1 Å². The summed E-state index contributed by atoms with van der Waals surface area (Å²) in [5.41, 5.74) is 2.12. The van der Waals surface area contributed by atoms with E-state index in [1.807, 2.05) is 10.7 Å². The molecule has 19 heavy (non-hydrogen) atoms. The maximum Gasteiger partial charge on any atom is 0.275 e.